The van der Waals surface area contributed by atoms with E-state index in [2.05, 4.69) is 64.3 Å². The van der Waals surface area contributed by atoms with Crippen LogP contribution in [-0.2, 0) is 0 Å². The molecule has 0 saturated carbocycles. The van der Waals surface area contributed by atoms with Crippen LogP contribution in [0.1, 0.15) is 25.3 Å². The second-order valence-corrected chi connectivity index (χ2v) is 6.10. The van der Waals surface area contributed by atoms with Crippen LogP contribution >= 0.6 is 15.9 Å². The van der Waals surface area contributed by atoms with Crippen molar-refractivity contribution >= 4 is 21.6 Å². The van der Waals surface area contributed by atoms with Crippen molar-refractivity contribution < 1.29 is 0 Å². The quantitative estimate of drug-likeness (QED) is 0.909. The summed E-state index contributed by atoms with van der Waals surface area (Å²) in [5, 5.41) is 12.5. The third kappa shape index (κ3) is 3.49. The van der Waals surface area contributed by atoms with Crippen LogP contribution < -0.4 is 10.2 Å². The molecule has 2 rings (SSSR count). The Balaban J connectivity index is 2.26. The molecule has 0 spiro atoms. The number of nitriles is 1. The predicted octanol–water partition coefficient (Wildman–Crippen LogP) is 3.23. The zero-order valence-electron chi connectivity index (χ0n) is 11.5. The van der Waals surface area contributed by atoms with E-state index in [4.69, 9.17) is 5.26 Å². The van der Waals surface area contributed by atoms with E-state index in [-0.39, 0.29) is 6.04 Å². The van der Waals surface area contributed by atoms with Crippen molar-refractivity contribution in [3.8, 4) is 6.07 Å². The van der Waals surface area contributed by atoms with E-state index in [1.165, 1.54) is 11.3 Å². The predicted molar refractivity (Wildman–Crippen MR) is 82.3 cm³/mol. The minimum absolute atomic E-state index is 0.260. The molecule has 1 aromatic rings. The molecule has 1 aliphatic rings. The molecule has 0 radical (unpaired) electrons. The molecule has 3 nitrogen and oxygen atoms in total. The molecule has 19 heavy (non-hydrogen) atoms. The van der Waals surface area contributed by atoms with Crippen LogP contribution in [0, 0.1) is 18.3 Å². The Bertz CT molecular complexity index is 481. The first-order valence-corrected chi connectivity index (χ1v) is 7.54. The van der Waals surface area contributed by atoms with Crippen molar-refractivity contribution in [1.82, 2.24) is 5.32 Å². The fourth-order valence-corrected chi connectivity index (χ4v) is 2.75. The van der Waals surface area contributed by atoms with Gasteiger partial charge in [-0.15, -0.1) is 0 Å². The molecule has 1 N–H and O–H groups in total. The molecule has 0 aliphatic carbocycles. The van der Waals surface area contributed by atoms with Gasteiger partial charge in [-0.25, -0.2) is 0 Å². The van der Waals surface area contributed by atoms with E-state index < -0.39 is 0 Å². The Labute approximate surface area is 123 Å². The second kappa shape index (κ2) is 6.40. The standard InChI is InChI=1S/C15H20BrN3/c1-11-9-13(3-4-15(11)16)19-8-6-12(2)18-10-14(19)5-7-17/h3-4,9,12,14,18H,5-6,8,10H2,1-2H3. The fraction of sp³-hybridized carbons (Fsp3) is 0.533. The van der Waals surface area contributed by atoms with Gasteiger partial charge < -0.3 is 10.2 Å². The molecular formula is C15H20BrN3. The first-order chi connectivity index (χ1) is 9.11. The number of anilines is 1. The normalized spacial score (nSPS) is 23.8. The summed E-state index contributed by atoms with van der Waals surface area (Å²) in [5.74, 6) is 0. The van der Waals surface area contributed by atoms with E-state index in [9.17, 15) is 0 Å². The van der Waals surface area contributed by atoms with Gasteiger partial charge in [0.25, 0.3) is 0 Å². The summed E-state index contributed by atoms with van der Waals surface area (Å²) in [5.41, 5.74) is 2.45. The summed E-state index contributed by atoms with van der Waals surface area (Å²) >= 11 is 3.54. The maximum Gasteiger partial charge on any atom is 0.0643 e. The minimum Gasteiger partial charge on any atom is -0.366 e. The average Bonchev–Trinajstić information content (AvgIpc) is 2.56. The van der Waals surface area contributed by atoms with Crippen LogP contribution in [-0.4, -0.2) is 25.2 Å². The van der Waals surface area contributed by atoms with Gasteiger partial charge in [-0.3, -0.25) is 0 Å². The second-order valence-electron chi connectivity index (χ2n) is 5.24. The molecule has 1 aromatic carbocycles. The molecule has 1 aliphatic heterocycles. The summed E-state index contributed by atoms with van der Waals surface area (Å²) in [6, 6.07) is 9.52. The highest BCUT2D eigenvalue weighted by molar-refractivity contribution is 9.10. The number of hydrogen-bond donors (Lipinski definition) is 1. The number of benzene rings is 1. The van der Waals surface area contributed by atoms with Crippen molar-refractivity contribution in [1.29, 1.82) is 5.26 Å². The molecule has 1 saturated heterocycles. The van der Waals surface area contributed by atoms with Crippen molar-refractivity contribution in [2.24, 2.45) is 0 Å². The third-order valence-electron chi connectivity index (χ3n) is 3.75. The summed E-state index contributed by atoms with van der Waals surface area (Å²) in [7, 11) is 0. The topological polar surface area (TPSA) is 39.1 Å². The Kier molecular flexibility index (Phi) is 4.84. The maximum atomic E-state index is 9.03. The molecule has 102 valence electrons. The van der Waals surface area contributed by atoms with Crippen molar-refractivity contribution in [3.63, 3.8) is 0 Å². The first kappa shape index (κ1) is 14.4. The minimum atomic E-state index is 0.260. The molecule has 1 fully saturated rings. The Morgan fingerprint density at radius 2 is 2.32 bits per heavy atom. The van der Waals surface area contributed by atoms with Crippen molar-refractivity contribution in [2.45, 2.75) is 38.8 Å². The lowest BCUT2D eigenvalue weighted by atomic mass is 10.1. The Morgan fingerprint density at radius 1 is 1.53 bits per heavy atom. The van der Waals surface area contributed by atoms with Crippen molar-refractivity contribution in [2.75, 3.05) is 18.0 Å². The zero-order valence-corrected chi connectivity index (χ0v) is 13.1. The highest BCUT2D eigenvalue weighted by Crippen LogP contribution is 2.26. The number of nitrogens with zero attached hydrogens (tertiary/aromatic N) is 2. The molecule has 2 atom stereocenters. The fourth-order valence-electron chi connectivity index (χ4n) is 2.50. The first-order valence-electron chi connectivity index (χ1n) is 6.75. The van der Waals surface area contributed by atoms with E-state index in [1.807, 2.05) is 0 Å². The van der Waals surface area contributed by atoms with Gasteiger partial charge in [0.2, 0.25) is 0 Å². The number of hydrogen-bond acceptors (Lipinski definition) is 3. The number of nitrogens with one attached hydrogen (secondary N) is 1. The lowest BCUT2D eigenvalue weighted by Gasteiger charge is -2.30. The number of aryl methyl sites for hydroxylation is 1. The Hall–Kier alpha value is -1.05. The van der Waals surface area contributed by atoms with E-state index in [0.29, 0.717) is 12.5 Å². The lowest BCUT2D eigenvalue weighted by molar-refractivity contribution is 0.538. The van der Waals surface area contributed by atoms with Crippen LogP contribution in [0.15, 0.2) is 22.7 Å². The van der Waals surface area contributed by atoms with Gasteiger partial charge in [0.1, 0.15) is 0 Å². The van der Waals surface area contributed by atoms with E-state index in [1.54, 1.807) is 0 Å². The molecule has 0 bridgehead atoms. The highest BCUT2D eigenvalue weighted by atomic mass is 79.9. The van der Waals surface area contributed by atoms with Crippen LogP contribution in [0.2, 0.25) is 0 Å². The summed E-state index contributed by atoms with van der Waals surface area (Å²) in [4.78, 5) is 2.37. The lowest BCUT2D eigenvalue weighted by Crippen LogP contribution is -2.40. The zero-order chi connectivity index (χ0) is 13.8. The average molecular weight is 322 g/mol. The van der Waals surface area contributed by atoms with Gasteiger partial charge in [-0.2, -0.15) is 5.26 Å². The van der Waals surface area contributed by atoms with Gasteiger partial charge in [0.05, 0.1) is 18.5 Å². The largest absolute Gasteiger partial charge is 0.366 e. The van der Waals surface area contributed by atoms with Gasteiger partial charge in [0, 0.05) is 29.3 Å². The molecule has 2 unspecified atom stereocenters. The molecule has 0 amide bonds. The van der Waals surface area contributed by atoms with Crippen LogP contribution in [0.25, 0.3) is 0 Å². The van der Waals surface area contributed by atoms with Crippen LogP contribution in [0.4, 0.5) is 5.69 Å². The third-order valence-corrected chi connectivity index (χ3v) is 4.64. The van der Waals surface area contributed by atoms with Gasteiger partial charge in [-0.1, -0.05) is 15.9 Å². The molecule has 1 heterocycles. The summed E-state index contributed by atoms with van der Waals surface area (Å²) in [6.45, 7) is 6.19. The van der Waals surface area contributed by atoms with Crippen molar-refractivity contribution in [3.05, 3.63) is 28.2 Å². The smallest absolute Gasteiger partial charge is 0.0643 e. The van der Waals surface area contributed by atoms with Gasteiger partial charge >= 0.3 is 0 Å². The molecular weight excluding hydrogens is 302 g/mol. The van der Waals surface area contributed by atoms with Crippen LogP contribution in [0.3, 0.4) is 0 Å². The van der Waals surface area contributed by atoms with Gasteiger partial charge in [0.15, 0.2) is 0 Å². The number of halogens is 1. The molecule has 0 aromatic heterocycles. The van der Waals surface area contributed by atoms with Crippen LogP contribution in [0.5, 0.6) is 0 Å². The monoisotopic (exact) mass is 321 g/mol. The van der Waals surface area contributed by atoms with Gasteiger partial charge in [-0.05, 0) is 44.0 Å². The van der Waals surface area contributed by atoms with E-state index in [0.717, 1.165) is 24.0 Å². The maximum absolute atomic E-state index is 9.03. The molecule has 4 heteroatoms. The Morgan fingerprint density at radius 3 is 3.00 bits per heavy atom. The van der Waals surface area contributed by atoms with E-state index >= 15 is 0 Å². The number of rotatable bonds is 2. The SMILES string of the molecule is Cc1cc(N2CCC(C)NCC2CC#N)ccc1Br. The summed E-state index contributed by atoms with van der Waals surface area (Å²) < 4.78 is 1.13. The highest BCUT2D eigenvalue weighted by Gasteiger charge is 2.23. The summed E-state index contributed by atoms with van der Waals surface area (Å²) in [6.07, 6.45) is 1.67.